The number of benzene rings is 1. The van der Waals surface area contributed by atoms with Crippen molar-refractivity contribution in [2.24, 2.45) is 5.73 Å². The lowest BCUT2D eigenvalue weighted by atomic mass is 10.1. The van der Waals surface area contributed by atoms with Gasteiger partial charge in [0.15, 0.2) is 0 Å². The van der Waals surface area contributed by atoms with Crippen LogP contribution < -0.4 is 5.73 Å². The predicted molar refractivity (Wildman–Crippen MR) is 69.8 cm³/mol. The van der Waals surface area contributed by atoms with E-state index in [4.69, 9.17) is 5.73 Å². The average Bonchev–Trinajstić information content (AvgIpc) is 2.83. The van der Waals surface area contributed by atoms with Crippen molar-refractivity contribution in [3.63, 3.8) is 0 Å². The Balaban J connectivity index is 1.98. The predicted octanol–water partition coefficient (Wildman–Crippen LogP) is 2.91. The van der Waals surface area contributed by atoms with E-state index in [1.807, 2.05) is 30.3 Å². The summed E-state index contributed by atoms with van der Waals surface area (Å²) in [6.45, 7) is 0.576. The molecule has 0 unspecified atom stereocenters. The number of hydrogen-bond acceptors (Lipinski definition) is 2. The minimum atomic E-state index is -2.53. The summed E-state index contributed by atoms with van der Waals surface area (Å²) in [6.07, 6.45) is 0.526. The maximum absolute atomic E-state index is 12.9. The lowest BCUT2D eigenvalue weighted by Crippen LogP contribution is -2.09. The van der Waals surface area contributed by atoms with Gasteiger partial charge in [-0.1, -0.05) is 30.3 Å². The van der Waals surface area contributed by atoms with Crippen molar-refractivity contribution in [1.82, 2.24) is 9.78 Å². The van der Waals surface area contributed by atoms with Crippen LogP contribution in [-0.4, -0.2) is 9.78 Å². The Kier molecular flexibility index (Phi) is 4.63. The number of aromatic nitrogens is 2. The molecule has 0 atom stereocenters. The molecule has 5 heteroatoms. The van der Waals surface area contributed by atoms with E-state index in [2.05, 4.69) is 5.10 Å². The van der Waals surface area contributed by atoms with Gasteiger partial charge in [0.05, 0.1) is 6.20 Å². The second-order valence-electron chi connectivity index (χ2n) is 4.37. The largest absolute Gasteiger partial charge is 0.326 e. The molecule has 0 radical (unpaired) electrons. The van der Waals surface area contributed by atoms with Crippen molar-refractivity contribution >= 4 is 0 Å². The van der Waals surface area contributed by atoms with E-state index in [1.54, 1.807) is 0 Å². The molecule has 0 bridgehead atoms. The Bertz CT molecular complexity index is 509. The van der Waals surface area contributed by atoms with Crippen molar-refractivity contribution in [1.29, 1.82) is 0 Å². The molecule has 19 heavy (non-hydrogen) atoms. The summed E-state index contributed by atoms with van der Waals surface area (Å²) in [5.41, 5.74) is 7.02. The molecule has 1 aromatic heterocycles. The monoisotopic (exact) mass is 265 g/mol. The molecule has 0 spiro atoms. The minimum absolute atomic E-state index is 0.0458. The maximum atomic E-state index is 12.9. The first kappa shape index (κ1) is 13.7. The second kappa shape index (κ2) is 6.43. The fraction of sp³-hybridized carbons (Fsp3) is 0.357. The van der Waals surface area contributed by atoms with E-state index >= 15 is 0 Å². The highest BCUT2D eigenvalue weighted by Crippen LogP contribution is 2.23. The van der Waals surface area contributed by atoms with Gasteiger partial charge in [-0.3, -0.25) is 4.68 Å². The van der Waals surface area contributed by atoms with Crippen molar-refractivity contribution in [3.05, 3.63) is 53.3 Å². The van der Waals surface area contributed by atoms with Crippen LogP contribution in [0.3, 0.4) is 0 Å². The highest BCUT2D eigenvalue weighted by Gasteiger charge is 2.18. The molecule has 102 valence electrons. The molecule has 2 rings (SSSR count). The first-order valence-corrected chi connectivity index (χ1v) is 6.29. The molecular weight excluding hydrogens is 248 g/mol. The number of halogens is 2. The molecule has 0 aliphatic carbocycles. The van der Waals surface area contributed by atoms with Crippen LogP contribution in [0.1, 0.15) is 29.7 Å². The minimum Gasteiger partial charge on any atom is -0.326 e. The summed E-state index contributed by atoms with van der Waals surface area (Å²) in [6, 6.07) is 9.96. The third kappa shape index (κ3) is 3.38. The molecule has 0 aliphatic rings. The van der Waals surface area contributed by atoms with Gasteiger partial charge < -0.3 is 5.73 Å². The number of nitrogens with zero attached hydrogens (tertiary/aromatic N) is 2. The summed E-state index contributed by atoms with van der Waals surface area (Å²) in [4.78, 5) is 0. The van der Waals surface area contributed by atoms with Crippen LogP contribution in [0.5, 0.6) is 0 Å². The van der Waals surface area contributed by atoms with Crippen molar-refractivity contribution in [2.45, 2.75) is 32.4 Å². The van der Waals surface area contributed by atoms with Crippen LogP contribution in [0.15, 0.2) is 36.5 Å². The van der Waals surface area contributed by atoms with Gasteiger partial charge >= 0.3 is 0 Å². The number of alkyl halides is 2. The van der Waals surface area contributed by atoms with E-state index in [0.29, 0.717) is 12.1 Å². The Morgan fingerprint density at radius 3 is 2.58 bits per heavy atom. The van der Waals surface area contributed by atoms with E-state index < -0.39 is 6.43 Å². The third-order valence-corrected chi connectivity index (χ3v) is 3.06. The number of aryl methyl sites for hydroxylation is 2. The molecule has 3 nitrogen and oxygen atoms in total. The lowest BCUT2D eigenvalue weighted by molar-refractivity contribution is 0.137. The fourth-order valence-electron chi connectivity index (χ4n) is 2.10. The maximum Gasteiger partial charge on any atom is 0.280 e. The highest BCUT2D eigenvalue weighted by atomic mass is 19.3. The summed E-state index contributed by atoms with van der Waals surface area (Å²) < 4.78 is 27.3. The zero-order valence-corrected chi connectivity index (χ0v) is 10.6. The Labute approximate surface area is 111 Å². The van der Waals surface area contributed by atoms with Gasteiger partial charge in [0.25, 0.3) is 6.43 Å². The van der Waals surface area contributed by atoms with E-state index in [1.165, 1.54) is 16.4 Å². The van der Waals surface area contributed by atoms with Gasteiger partial charge in [-0.25, -0.2) is 8.78 Å². The zero-order chi connectivity index (χ0) is 13.7. The van der Waals surface area contributed by atoms with Crippen molar-refractivity contribution < 1.29 is 8.78 Å². The fourth-order valence-corrected chi connectivity index (χ4v) is 2.10. The molecule has 0 saturated heterocycles. The molecule has 2 N–H and O–H groups in total. The Morgan fingerprint density at radius 1 is 1.21 bits per heavy atom. The quantitative estimate of drug-likeness (QED) is 0.872. The van der Waals surface area contributed by atoms with Crippen LogP contribution >= 0.6 is 0 Å². The summed E-state index contributed by atoms with van der Waals surface area (Å²) in [5.74, 6) is 0. The lowest BCUT2D eigenvalue weighted by Gasteiger charge is -2.08. The molecule has 0 fully saturated rings. The first-order chi connectivity index (χ1) is 9.22. The first-order valence-electron chi connectivity index (χ1n) is 6.29. The normalized spacial score (nSPS) is 11.2. The van der Waals surface area contributed by atoms with Gasteiger partial charge in [-0.05, 0) is 18.4 Å². The standard InChI is InChI=1S/C14H17F2N3/c15-14(16)13-12(9-17)10-18-19(13)8-4-7-11-5-2-1-3-6-11/h1-3,5-6,10,14H,4,7-9,17H2. The summed E-state index contributed by atoms with van der Waals surface area (Å²) in [7, 11) is 0. The van der Waals surface area contributed by atoms with Crippen LogP contribution in [0, 0.1) is 0 Å². The Morgan fingerprint density at radius 2 is 1.95 bits per heavy atom. The van der Waals surface area contributed by atoms with Gasteiger partial charge in [-0.2, -0.15) is 5.10 Å². The van der Waals surface area contributed by atoms with Crippen LogP contribution in [0.2, 0.25) is 0 Å². The molecule has 2 aromatic rings. The van der Waals surface area contributed by atoms with Crippen molar-refractivity contribution in [2.75, 3.05) is 0 Å². The summed E-state index contributed by atoms with van der Waals surface area (Å²) in [5, 5.41) is 4.00. The zero-order valence-electron chi connectivity index (χ0n) is 10.6. The molecule has 1 heterocycles. The SMILES string of the molecule is NCc1cnn(CCCc2ccccc2)c1C(F)F. The molecular formula is C14H17F2N3. The van der Waals surface area contributed by atoms with Gasteiger partial charge in [0.1, 0.15) is 5.69 Å². The van der Waals surface area contributed by atoms with Gasteiger partial charge in [-0.15, -0.1) is 0 Å². The smallest absolute Gasteiger partial charge is 0.280 e. The van der Waals surface area contributed by atoms with Crippen LogP contribution in [-0.2, 0) is 19.5 Å². The molecule has 1 aromatic carbocycles. The number of hydrogen-bond donors (Lipinski definition) is 1. The van der Waals surface area contributed by atoms with E-state index in [0.717, 1.165) is 12.8 Å². The third-order valence-electron chi connectivity index (χ3n) is 3.06. The van der Waals surface area contributed by atoms with Crippen molar-refractivity contribution in [3.8, 4) is 0 Å². The van der Waals surface area contributed by atoms with Gasteiger partial charge in [0, 0.05) is 18.7 Å². The molecule has 0 amide bonds. The second-order valence-corrected chi connectivity index (χ2v) is 4.37. The van der Waals surface area contributed by atoms with E-state index in [9.17, 15) is 8.78 Å². The van der Waals surface area contributed by atoms with Crippen LogP contribution in [0.4, 0.5) is 8.78 Å². The number of nitrogens with two attached hydrogens (primary N) is 1. The topological polar surface area (TPSA) is 43.8 Å². The Hall–Kier alpha value is -1.75. The molecule has 0 saturated carbocycles. The van der Waals surface area contributed by atoms with Crippen LogP contribution in [0.25, 0.3) is 0 Å². The molecule has 0 aliphatic heterocycles. The summed E-state index contributed by atoms with van der Waals surface area (Å²) >= 11 is 0. The highest BCUT2D eigenvalue weighted by molar-refractivity contribution is 5.19. The van der Waals surface area contributed by atoms with Gasteiger partial charge in [0.2, 0.25) is 0 Å². The van der Waals surface area contributed by atoms with E-state index in [-0.39, 0.29) is 12.2 Å². The number of rotatable bonds is 6. The average molecular weight is 265 g/mol.